The molecule has 0 spiro atoms. The van der Waals surface area contributed by atoms with Gasteiger partial charge in [0.1, 0.15) is 6.04 Å². The molecule has 1 aliphatic rings. The van der Waals surface area contributed by atoms with Crippen LogP contribution in [0.15, 0.2) is 28.8 Å². The molecule has 3 N–H and O–H groups in total. The smallest absolute Gasteiger partial charge is 0.272 e. The zero-order valence-corrected chi connectivity index (χ0v) is 14.8. The normalized spacial score (nSPS) is 14.7. The molecule has 134 valence electrons. The predicted molar refractivity (Wildman–Crippen MR) is 93.8 cm³/mol. The van der Waals surface area contributed by atoms with Crippen molar-refractivity contribution in [1.82, 2.24) is 31.0 Å². The number of nitrogens with one attached hydrogen (secondary N) is 3. The second-order valence-electron chi connectivity index (χ2n) is 6.09. The highest BCUT2D eigenvalue weighted by Crippen LogP contribution is 2.23. The Morgan fingerprint density at radius 3 is 2.88 bits per heavy atom. The molecule has 0 fully saturated rings. The Kier molecular flexibility index (Phi) is 4.44. The number of aryl methyl sites for hydroxylation is 1. The Morgan fingerprint density at radius 1 is 1.35 bits per heavy atom. The summed E-state index contributed by atoms with van der Waals surface area (Å²) in [5.74, 6) is 0.504. The van der Waals surface area contributed by atoms with Crippen LogP contribution in [0.1, 0.15) is 45.1 Å². The highest BCUT2D eigenvalue weighted by molar-refractivity contribution is 6.30. The fourth-order valence-electron chi connectivity index (χ4n) is 3.00. The van der Waals surface area contributed by atoms with Crippen LogP contribution in [0.5, 0.6) is 0 Å². The number of H-pyrrole nitrogens is 1. The molecule has 0 saturated heterocycles. The van der Waals surface area contributed by atoms with Gasteiger partial charge in [-0.15, -0.1) is 0 Å². The van der Waals surface area contributed by atoms with Crippen molar-refractivity contribution >= 4 is 17.5 Å². The number of hydrogen-bond donors (Lipinski definition) is 3. The first kappa shape index (κ1) is 16.7. The minimum absolute atomic E-state index is 0.298. The van der Waals surface area contributed by atoms with Gasteiger partial charge in [-0.05, 0) is 17.7 Å². The van der Waals surface area contributed by atoms with Crippen molar-refractivity contribution in [1.29, 1.82) is 0 Å². The standard InChI is InChI=1S/C17H17ClN6O2/c1-9-20-16(24-26-9)14(10-2-4-11(18)5-3-10)21-17(25)15-12-8-19-7-6-13(12)22-23-15/h2-5,14,19H,6-8H2,1H3,(H,21,25)(H,22,23). The maximum Gasteiger partial charge on any atom is 0.272 e. The third-order valence-corrected chi connectivity index (χ3v) is 4.55. The highest BCUT2D eigenvalue weighted by atomic mass is 35.5. The molecule has 1 atom stereocenters. The quantitative estimate of drug-likeness (QED) is 0.645. The van der Waals surface area contributed by atoms with E-state index in [1.54, 1.807) is 19.1 Å². The van der Waals surface area contributed by atoms with Gasteiger partial charge >= 0.3 is 0 Å². The first-order valence-electron chi connectivity index (χ1n) is 8.25. The van der Waals surface area contributed by atoms with Gasteiger partial charge in [-0.2, -0.15) is 10.1 Å². The van der Waals surface area contributed by atoms with Crippen molar-refractivity contribution in [2.75, 3.05) is 6.54 Å². The van der Waals surface area contributed by atoms with Crippen LogP contribution in [0.4, 0.5) is 0 Å². The molecule has 1 unspecified atom stereocenters. The van der Waals surface area contributed by atoms with E-state index in [4.69, 9.17) is 16.1 Å². The summed E-state index contributed by atoms with van der Waals surface area (Å²) in [7, 11) is 0. The minimum Gasteiger partial charge on any atom is -0.340 e. The fraction of sp³-hybridized carbons (Fsp3) is 0.294. The van der Waals surface area contributed by atoms with Crippen molar-refractivity contribution < 1.29 is 9.32 Å². The average Bonchev–Trinajstić information content (AvgIpc) is 3.27. The molecule has 2 aromatic heterocycles. The number of benzene rings is 1. The first-order chi connectivity index (χ1) is 12.6. The minimum atomic E-state index is -0.568. The zero-order chi connectivity index (χ0) is 18.1. The summed E-state index contributed by atoms with van der Waals surface area (Å²) < 4.78 is 5.08. The summed E-state index contributed by atoms with van der Waals surface area (Å²) in [6.07, 6.45) is 0.820. The van der Waals surface area contributed by atoms with Crippen LogP contribution in [-0.2, 0) is 13.0 Å². The summed E-state index contributed by atoms with van der Waals surface area (Å²) in [6, 6.07) is 6.58. The SMILES string of the molecule is Cc1nc(C(NC(=O)c2n[nH]c3c2CNCC3)c2ccc(Cl)cc2)no1. The van der Waals surface area contributed by atoms with E-state index in [1.165, 1.54) is 0 Å². The van der Waals surface area contributed by atoms with Crippen molar-refractivity contribution in [2.24, 2.45) is 0 Å². The van der Waals surface area contributed by atoms with E-state index in [9.17, 15) is 4.79 Å². The average molecular weight is 373 g/mol. The molecule has 3 aromatic rings. The molecule has 26 heavy (non-hydrogen) atoms. The summed E-state index contributed by atoms with van der Waals surface area (Å²) in [4.78, 5) is 17.1. The Morgan fingerprint density at radius 2 is 2.15 bits per heavy atom. The second-order valence-corrected chi connectivity index (χ2v) is 6.52. The Bertz CT molecular complexity index is 933. The molecular weight excluding hydrogens is 356 g/mol. The monoisotopic (exact) mass is 372 g/mol. The maximum absolute atomic E-state index is 12.9. The number of carbonyl (C=O) groups is 1. The van der Waals surface area contributed by atoms with Gasteiger partial charge in [0.05, 0.1) is 0 Å². The number of nitrogens with zero attached hydrogens (tertiary/aromatic N) is 3. The molecule has 8 nitrogen and oxygen atoms in total. The van der Waals surface area contributed by atoms with Crippen LogP contribution >= 0.6 is 11.6 Å². The van der Waals surface area contributed by atoms with Crippen LogP contribution in [0.25, 0.3) is 0 Å². The number of aromatic amines is 1. The maximum atomic E-state index is 12.9. The lowest BCUT2D eigenvalue weighted by Crippen LogP contribution is -2.32. The Hall–Kier alpha value is -2.71. The number of aromatic nitrogens is 4. The van der Waals surface area contributed by atoms with Crippen LogP contribution in [0.3, 0.4) is 0 Å². The largest absolute Gasteiger partial charge is 0.340 e. The van der Waals surface area contributed by atoms with Gasteiger partial charge in [0.15, 0.2) is 11.5 Å². The summed E-state index contributed by atoms with van der Waals surface area (Å²) in [6.45, 7) is 3.18. The molecule has 1 aromatic carbocycles. The molecule has 0 radical (unpaired) electrons. The van der Waals surface area contributed by atoms with E-state index >= 15 is 0 Å². The van der Waals surface area contributed by atoms with Crippen molar-refractivity contribution in [3.05, 3.63) is 63.5 Å². The summed E-state index contributed by atoms with van der Waals surface area (Å²) in [5.41, 5.74) is 3.07. The molecule has 4 rings (SSSR count). The third-order valence-electron chi connectivity index (χ3n) is 4.30. The number of hydrogen-bond acceptors (Lipinski definition) is 6. The molecular formula is C17H17ClN6O2. The fourth-order valence-corrected chi connectivity index (χ4v) is 3.12. The van der Waals surface area contributed by atoms with Gasteiger partial charge in [-0.25, -0.2) is 0 Å². The highest BCUT2D eigenvalue weighted by Gasteiger charge is 2.27. The first-order valence-corrected chi connectivity index (χ1v) is 8.63. The summed E-state index contributed by atoms with van der Waals surface area (Å²) in [5, 5.41) is 17.9. The summed E-state index contributed by atoms with van der Waals surface area (Å²) >= 11 is 5.97. The van der Waals surface area contributed by atoms with E-state index < -0.39 is 6.04 Å². The topological polar surface area (TPSA) is 109 Å². The van der Waals surface area contributed by atoms with E-state index in [-0.39, 0.29) is 5.91 Å². The number of rotatable bonds is 4. The van der Waals surface area contributed by atoms with Crippen molar-refractivity contribution in [2.45, 2.75) is 25.9 Å². The van der Waals surface area contributed by atoms with Gasteiger partial charge in [-0.3, -0.25) is 9.89 Å². The number of fused-ring (bicyclic) bond motifs is 1. The van der Waals surface area contributed by atoms with Crippen molar-refractivity contribution in [3.63, 3.8) is 0 Å². The molecule has 9 heteroatoms. The third kappa shape index (κ3) is 3.21. The molecule has 3 heterocycles. The van der Waals surface area contributed by atoms with Gasteiger partial charge in [0.2, 0.25) is 5.89 Å². The van der Waals surface area contributed by atoms with Crippen LogP contribution in [0, 0.1) is 6.92 Å². The van der Waals surface area contributed by atoms with Crippen LogP contribution < -0.4 is 10.6 Å². The number of amides is 1. The van der Waals surface area contributed by atoms with Gasteiger partial charge in [-0.1, -0.05) is 28.9 Å². The lowest BCUT2D eigenvalue weighted by atomic mass is 10.0. The van der Waals surface area contributed by atoms with Gasteiger partial charge < -0.3 is 15.2 Å². The molecule has 1 amide bonds. The Balaban J connectivity index is 1.65. The van der Waals surface area contributed by atoms with Gasteiger partial charge in [0.25, 0.3) is 5.91 Å². The van der Waals surface area contributed by atoms with Crippen molar-refractivity contribution in [3.8, 4) is 0 Å². The zero-order valence-electron chi connectivity index (χ0n) is 14.0. The van der Waals surface area contributed by atoms with Gasteiger partial charge in [0, 0.05) is 42.7 Å². The van der Waals surface area contributed by atoms with E-state index in [2.05, 4.69) is 31.0 Å². The lowest BCUT2D eigenvalue weighted by Gasteiger charge is -2.17. The molecule has 1 aliphatic heterocycles. The number of halogens is 1. The molecule has 0 bridgehead atoms. The van der Waals surface area contributed by atoms with Crippen LogP contribution in [0.2, 0.25) is 5.02 Å². The van der Waals surface area contributed by atoms with E-state index in [1.807, 2.05) is 12.1 Å². The number of carbonyl (C=O) groups excluding carboxylic acids is 1. The van der Waals surface area contributed by atoms with E-state index in [0.29, 0.717) is 29.0 Å². The predicted octanol–water partition coefficient (Wildman–Crippen LogP) is 1.92. The molecule has 0 aliphatic carbocycles. The lowest BCUT2D eigenvalue weighted by molar-refractivity contribution is 0.0935. The van der Waals surface area contributed by atoms with E-state index in [0.717, 1.165) is 29.8 Å². The second kappa shape index (κ2) is 6.89. The van der Waals surface area contributed by atoms with Crippen LogP contribution in [-0.4, -0.2) is 32.8 Å². The molecule has 0 saturated carbocycles. The Labute approximate surface area is 154 Å².